The van der Waals surface area contributed by atoms with Crippen LogP contribution in [-0.4, -0.2) is 47.8 Å². The lowest BCUT2D eigenvalue weighted by Gasteiger charge is -2.37. The molecule has 3 atom stereocenters. The fourth-order valence-electron chi connectivity index (χ4n) is 3.63. The maximum Gasteiger partial charge on any atom is 0.254 e. The van der Waals surface area contributed by atoms with E-state index in [2.05, 4.69) is 0 Å². The average Bonchev–Trinajstić information content (AvgIpc) is 2.96. The molecule has 2 aliphatic heterocycles. The lowest BCUT2D eigenvalue weighted by Crippen LogP contribution is -2.48. The number of hydrogen-bond donors (Lipinski definition) is 1. The molecule has 2 fully saturated rings. The minimum atomic E-state index is -0.376. The van der Waals surface area contributed by atoms with Gasteiger partial charge in [-0.25, -0.2) is 0 Å². The second-order valence-electron chi connectivity index (χ2n) is 6.26. The molecule has 1 aromatic rings. The zero-order valence-electron chi connectivity index (χ0n) is 12.8. The first-order valence-electron chi connectivity index (χ1n) is 7.91. The molecule has 3 rings (SSSR count). The summed E-state index contributed by atoms with van der Waals surface area (Å²) in [6.45, 7) is 3.79. The molecular weight excluding hydrogens is 302 g/mol. The highest BCUT2D eigenvalue weighted by molar-refractivity contribution is 6.30. The van der Waals surface area contributed by atoms with Crippen molar-refractivity contribution in [1.29, 1.82) is 0 Å². The third-order valence-corrected chi connectivity index (χ3v) is 5.07. The van der Waals surface area contributed by atoms with Crippen LogP contribution in [0.5, 0.6) is 0 Å². The summed E-state index contributed by atoms with van der Waals surface area (Å²) in [7, 11) is 0. The predicted molar refractivity (Wildman–Crippen MR) is 85.2 cm³/mol. The number of halogens is 1. The van der Waals surface area contributed by atoms with Crippen LogP contribution < -0.4 is 0 Å². The van der Waals surface area contributed by atoms with Gasteiger partial charge in [0.15, 0.2) is 0 Å². The average molecular weight is 324 g/mol. The topological polar surface area (TPSA) is 49.8 Å². The van der Waals surface area contributed by atoms with Gasteiger partial charge in [-0.3, -0.25) is 4.79 Å². The zero-order chi connectivity index (χ0) is 15.7. The first kappa shape index (κ1) is 15.8. The van der Waals surface area contributed by atoms with Crippen LogP contribution in [0.15, 0.2) is 18.2 Å². The van der Waals surface area contributed by atoms with Gasteiger partial charge in [-0.1, -0.05) is 11.6 Å². The fraction of sp³-hybridized carbons (Fsp3) is 0.588. The van der Waals surface area contributed by atoms with Crippen molar-refractivity contribution in [2.75, 3.05) is 19.8 Å². The summed E-state index contributed by atoms with van der Waals surface area (Å²) in [6.07, 6.45) is 2.19. The van der Waals surface area contributed by atoms with Crippen LogP contribution in [0, 0.1) is 12.8 Å². The van der Waals surface area contributed by atoms with E-state index < -0.39 is 0 Å². The molecule has 1 aromatic carbocycles. The van der Waals surface area contributed by atoms with E-state index in [0.717, 1.165) is 24.9 Å². The highest BCUT2D eigenvalue weighted by atomic mass is 35.5. The normalized spacial score (nSPS) is 28.9. The van der Waals surface area contributed by atoms with Crippen LogP contribution in [0.1, 0.15) is 35.2 Å². The van der Waals surface area contributed by atoms with E-state index in [4.69, 9.17) is 16.3 Å². The van der Waals surface area contributed by atoms with Crippen molar-refractivity contribution in [1.82, 2.24) is 4.90 Å². The number of likely N-dealkylation sites (tertiary alicyclic amines) is 1. The molecule has 120 valence electrons. The molecule has 0 unspecified atom stereocenters. The minimum Gasteiger partial charge on any atom is -0.393 e. The fourth-order valence-corrected chi connectivity index (χ4v) is 3.85. The number of aliphatic hydroxyl groups is 1. The Morgan fingerprint density at radius 2 is 2.23 bits per heavy atom. The molecule has 0 bridgehead atoms. The van der Waals surface area contributed by atoms with Gasteiger partial charge in [0.2, 0.25) is 0 Å². The largest absolute Gasteiger partial charge is 0.393 e. The molecule has 22 heavy (non-hydrogen) atoms. The predicted octanol–water partition coefficient (Wildman–Crippen LogP) is 2.65. The van der Waals surface area contributed by atoms with E-state index in [0.29, 0.717) is 30.2 Å². The van der Waals surface area contributed by atoms with Crippen LogP contribution in [0.4, 0.5) is 0 Å². The number of carbonyl (C=O) groups excluding carboxylic acids is 1. The van der Waals surface area contributed by atoms with Gasteiger partial charge in [0.1, 0.15) is 0 Å². The molecular formula is C17H22ClNO3. The first-order valence-corrected chi connectivity index (χ1v) is 8.28. The Kier molecular flexibility index (Phi) is 4.71. The number of aryl methyl sites for hydroxylation is 1. The summed E-state index contributed by atoms with van der Waals surface area (Å²) in [6, 6.07) is 5.44. The van der Waals surface area contributed by atoms with E-state index in [9.17, 15) is 9.90 Å². The molecule has 4 nitrogen and oxygen atoms in total. The lowest BCUT2D eigenvalue weighted by molar-refractivity contribution is -0.0589. The Labute approximate surface area is 136 Å². The van der Waals surface area contributed by atoms with Gasteiger partial charge < -0.3 is 14.7 Å². The smallest absolute Gasteiger partial charge is 0.254 e. The van der Waals surface area contributed by atoms with E-state index in [1.54, 1.807) is 12.1 Å². The molecule has 2 saturated heterocycles. The Morgan fingerprint density at radius 1 is 1.41 bits per heavy atom. The SMILES string of the molecule is Cc1cc(Cl)ccc1C(=O)N1CCC[C@@H]1[C@H]1COCC[C@H]1O. The van der Waals surface area contributed by atoms with Gasteiger partial charge in [-0.2, -0.15) is 0 Å². The molecule has 0 saturated carbocycles. The third-order valence-electron chi connectivity index (χ3n) is 4.84. The third kappa shape index (κ3) is 3.00. The highest BCUT2D eigenvalue weighted by Crippen LogP contribution is 2.31. The van der Waals surface area contributed by atoms with E-state index in [1.807, 2.05) is 17.9 Å². The van der Waals surface area contributed by atoms with Gasteiger partial charge in [0, 0.05) is 35.7 Å². The van der Waals surface area contributed by atoms with Crippen molar-refractivity contribution in [3.63, 3.8) is 0 Å². The Bertz CT molecular complexity index is 563. The monoisotopic (exact) mass is 323 g/mol. The maximum absolute atomic E-state index is 12.9. The van der Waals surface area contributed by atoms with Crippen molar-refractivity contribution in [2.24, 2.45) is 5.92 Å². The summed E-state index contributed by atoms with van der Waals surface area (Å²) >= 11 is 5.98. The maximum atomic E-state index is 12.9. The van der Waals surface area contributed by atoms with Crippen molar-refractivity contribution in [3.05, 3.63) is 34.3 Å². The number of nitrogens with zero attached hydrogens (tertiary/aromatic N) is 1. The summed E-state index contributed by atoms with van der Waals surface area (Å²) in [5.74, 6) is 0.0576. The lowest BCUT2D eigenvalue weighted by atomic mass is 9.89. The van der Waals surface area contributed by atoms with Crippen molar-refractivity contribution in [2.45, 2.75) is 38.3 Å². The Morgan fingerprint density at radius 3 is 2.95 bits per heavy atom. The Hall–Kier alpha value is -1.10. The van der Waals surface area contributed by atoms with Crippen LogP contribution in [0.25, 0.3) is 0 Å². The van der Waals surface area contributed by atoms with Crippen molar-refractivity contribution < 1.29 is 14.6 Å². The van der Waals surface area contributed by atoms with Crippen LogP contribution in [-0.2, 0) is 4.74 Å². The van der Waals surface area contributed by atoms with Gasteiger partial charge in [-0.05, 0) is 49.9 Å². The van der Waals surface area contributed by atoms with E-state index in [1.165, 1.54) is 0 Å². The quantitative estimate of drug-likeness (QED) is 0.910. The Balaban J connectivity index is 1.81. The summed E-state index contributed by atoms with van der Waals surface area (Å²) in [4.78, 5) is 14.8. The molecule has 0 radical (unpaired) electrons. The molecule has 1 amide bonds. The van der Waals surface area contributed by atoms with Gasteiger partial charge in [0.25, 0.3) is 5.91 Å². The molecule has 1 N–H and O–H groups in total. The molecule has 0 spiro atoms. The highest BCUT2D eigenvalue weighted by Gasteiger charge is 2.40. The molecule has 5 heteroatoms. The van der Waals surface area contributed by atoms with Crippen molar-refractivity contribution >= 4 is 17.5 Å². The number of aliphatic hydroxyl groups excluding tert-OH is 1. The van der Waals surface area contributed by atoms with Gasteiger partial charge in [0.05, 0.1) is 12.7 Å². The van der Waals surface area contributed by atoms with Crippen LogP contribution in [0.2, 0.25) is 5.02 Å². The molecule has 2 heterocycles. The summed E-state index contributed by atoms with van der Waals surface area (Å²) in [5, 5.41) is 10.9. The standard InChI is InChI=1S/C17H22ClNO3/c1-11-9-12(18)4-5-13(11)17(21)19-7-2-3-15(19)14-10-22-8-6-16(14)20/h4-5,9,14-16,20H,2-3,6-8,10H2,1H3/t14-,15-,16-/m1/s1. The van der Waals surface area contributed by atoms with Gasteiger partial charge in [-0.15, -0.1) is 0 Å². The minimum absolute atomic E-state index is 0.0211. The second kappa shape index (κ2) is 6.57. The van der Waals surface area contributed by atoms with Crippen LogP contribution >= 0.6 is 11.6 Å². The molecule has 2 aliphatic rings. The number of ether oxygens (including phenoxy) is 1. The van der Waals surface area contributed by atoms with E-state index in [-0.39, 0.29) is 24.0 Å². The van der Waals surface area contributed by atoms with Gasteiger partial charge >= 0.3 is 0 Å². The molecule has 0 aliphatic carbocycles. The summed E-state index contributed by atoms with van der Waals surface area (Å²) in [5.41, 5.74) is 1.59. The van der Waals surface area contributed by atoms with Crippen molar-refractivity contribution in [3.8, 4) is 0 Å². The summed E-state index contributed by atoms with van der Waals surface area (Å²) < 4.78 is 5.52. The number of rotatable bonds is 2. The zero-order valence-corrected chi connectivity index (χ0v) is 13.6. The van der Waals surface area contributed by atoms with Crippen LogP contribution in [0.3, 0.4) is 0 Å². The number of amides is 1. The van der Waals surface area contributed by atoms with E-state index >= 15 is 0 Å². The first-order chi connectivity index (χ1) is 10.6. The molecule has 0 aromatic heterocycles. The number of carbonyl (C=O) groups is 1. The number of hydrogen-bond acceptors (Lipinski definition) is 3. The number of benzene rings is 1. The second-order valence-corrected chi connectivity index (χ2v) is 6.70.